The Morgan fingerprint density at radius 2 is 2.05 bits per heavy atom. The first-order valence-electron chi connectivity index (χ1n) is 7.04. The van der Waals surface area contributed by atoms with Crippen molar-refractivity contribution < 1.29 is 14.7 Å². The molecule has 6 heteroatoms. The number of hydrogen-bond acceptors (Lipinski definition) is 3. The van der Waals surface area contributed by atoms with Gasteiger partial charge in [0.1, 0.15) is 5.82 Å². The highest BCUT2D eigenvalue weighted by atomic mass is 16.4. The van der Waals surface area contributed by atoms with Crippen LogP contribution in [0.15, 0.2) is 24.3 Å². The van der Waals surface area contributed by atoms with Crippen molar-refractivity contribution >= 4 is 22.9 Å². The summed E-state index contributed by atoms with van der Waals surface area (Å²) in [5.41, 5.74) is 1.77. The van der Waals surface area contributed by atoms with Crippen molar-refractivity contribution in [1.82, 2.24) is 15.3 Å². The third kappa shape index (κ3) is 2.49. The van der Waals surface area contributed by atoms with Gasteiger partial charge >= 0.3 is 5.97 Å². The fourth-order valence-electron chi connectivity index (χ4n) is 2.68. The van der Waals surface area contributed by atoms with Gasteiger partial charge in [-0.15, -0.1) is 0 Å². The second-order valence-corrected chi connectivity index (χ2v) is 5.50. The van der Waals surface area contributed by atoms with Crippen LogP contribution in [0.25, 0.3) is 11.0 Å². The highest BCUT2D eigenvalue weighted by molar-refractivity contribution is 5.86. The van der Waals surface area contributed by atoms with Gasteiger partial charge in [-0.2, -0.15) is 0 Å². The van der Waals surface area contributed by atoms with E-state index < -0.39 is 17.8 Å². The number of aromatic amines is 1. The third-order valence-corrected chi connectivity index (χ3v) is 4.10. The number of aliphatic carboxylic acids is 1. The van der Waals surface area contributed by atoms with Crippen LogP contribution in [0.3, 0.4) is 0 Å². The Morgan fingerprint density at radius 3 is 2.67 bits per heavy atom. The summed E-state index contributed by atoms with van der Waals surface area (Å²) in [5.74, 6) is -1.39. The quantitative estimate of drug-likeness (QED) is 0.799. The molecule has 0 spiro atoms. The van der Waals surface area contributed by atoms with Gasteiger partial charge in [-0.1, -0.05) is 12.1 Å². The van der Waals surface area contributed by atoms with Gasteiger partial charge in [0.05, 0.1) is 28.9 Å². The Hall–Kier alpha value is -2.37. The summed E-state index contributed by atoms with van der Waals surface area (Å²) < 4.78 is 0. The van der Waals surface area contributed by atoms with Gasteiger partial charge in [-0.25, -0.2) is 4.98 Å². The summed E-state index contributed by atoms with van der Waals surface area (Å²) in [6.07, 6.45) is 1.21. The van der Waals surface area contributed by atoms with Crippen molar-refractivity contribution in [3.63, 3.8) is 0 Å². The minimum atomic E-state index is -0.891. The molecule has 1 aromatic heterocycles. The Morgan fingerprint density at radius 1 is 1.33 bits per heavy atom. The molecule has 3 N–H and O–H groups in total. The molecule has 2 aromatic rings. The van der Waals surface area contributed by atoms with Crippen molar-refractivity contribution in [3.05, 3.63) is 30.1 Å². The predicted octanol–water partition coefficient (Wildman–Crippen LogP) is 1.85. The van der Waals surface area contributed by atoms with Crippen LogP contribution in [0, 0.1) is 11.8 Å². The number of carbonyl (C=O) groups is 2. The molecule has 0 radical (unpaired) electrons. The van der Waals surface area contributed by atoms with Gasteiger partial charge in [-0.3, -0.25) is 9.59 Å². The molecule has 1 saturated carbocycles. The molecule has 0 aliphatic heterocycles. The first kappa shape index (κ1) is 13.6. The van der Waals surface area contributed by atoms with Crippen LogP contribution in [-0.4, -0.2) is 27.0 Å². The number of nitrogens with one attached hydrogen (secondary N) is 2. The number of amides is 1. The lowest BCUT2D eigenvalue weighted by molar-refractivity contribution is -0.152. The van der Waals surface area contributed by atoms with Crippen LogP contribution in [-0.2, 0) is 9.59 Å². The van der Waals surface area contributed by atoms with Gasteiger partial charge in [0, 0.05) is 0 Å². The minimum absolute atomic E-state index is 0.207. The van der Waals surface area contributed by atoms with Crippen LogP contribution < -0.4 is 5.32 Å². The van der Waals surface area contributed by atoms with E-state index in [1.807, 2.05) is 31.2 Å². The number of H-pyrrole nitrogens is 1. The molecule has 3 atom stereocenters. The molecule has 1 amide bonds. The number of carbonyl (C=O) groups excluding carboxylic acids is 1. The number of fused-ring (bicyclic) bond motifs is 1. The zero-order valence-corrected chi connectivity index (χ0v) is 11.7. The van der Waals surface area contributed by atoms with Crippen LogP contribution in [0.5, 0.6) is 0 Å². The van der Waals surface area contributed by atoms with Crippen LogP contribution >= 0.6 is 0 Å². The largest absolute Gasteiger partial charge is 0.481 e. The van der Waals surface area contributed by atoms with E-state index in [4.69, 9.17) is 5.11 Å². The first-order valence-corrected chi connectivity index (χ1v) is 7.04. The lowest BCUT2D eigenvalue weighted by Gasteiger charge is -2.32. The number of nitrogens with zero attached hydrogens (tertiary/aromatic N) is 1. The average molecular weight is 287 g/mol. The molecule has 1 aliphatic rings. The number of rotatable bonds is 4. The highest BCUT2D eigenvalue weighted by Crippen LogP contribution is 2.35. The maximum atomic E-state index is 12.1. The van der Waals surface area contributed by atoms with Gasteiger partial charge in [0.25, 0.3) is 0 Å². The molecule has 21 heavy (non-hydrogen) atoms. The van der Waals surface area contributed by atoms with E-state index in [0.717, 1.165) is 11.0 Å². The SMILES string of the molecule is CC(NC(=O)C1CCC1C(=O)O)c1nc2ccccc2[nH]1. The van der Waals surface area contributed by atoms with Crippen LogP contribution in [0.4, 0.5) is 0 Å². The second kappa shape index (κ2) is 5.20. The summed E-state index contributed by atoms with van der Waals surface area (Å²) >= 11 is 0. The Labute approximate surface area is 121 Å². The molecular formula is C15H17N3O3. The van der Waals surface area contributed by atoms with Gasteiger partial charge in [0.2, 0.25) is 5.91 Å². The molecule has 6 nitrogen and oxygen atoms in total. The van der Waals surface area contributed by atoms with Crippen molar-refractivity contribution in [2.45, 2.75) is 25.8 Å². The van der Waals surface area contributed by atoms with Gasteiger partial charge in [-0.05, 0) is 31.9 Å². The molecule has 3 rings (SSSR count). The molecular weight excluding hydrogens is 270 g/mol. The van der Waals surface area contributed by atoms with Gasteiger partial charge in [0.15, 0.2) is 0 Å². The van der Waals surface area contributed by atoms with E-state index in [-0.39, 0.29) is 11.9 Å². The van der Waals surface area contributed by atoms with Crippen LogP contribution in [0.1, 0.15) is 31.6 Å². The molecule has 1 aliphatic carbocycles. The molecule has 0 bridgehead atoms. The topological polar surface area (TPSA) is 95.1 Å². The van der Waals surface area contributed by atoms with Gasteiger partial charge < -0.3 is 15.4 Å². The number of para-hydroxylation sites is 2. The summed E-state index contributed by atoms with van der Waals surface area (Å²) in [5, 5.41) is 11.8. The predicted molar refractivity (Wildman–Crippen MR) is 76.5 cm³/mol. The summed E-state index contributed by atoms with van der Waals surface area (Å²) in [6, 6.07) is 7.37. The number of aromatic nitrogens is 2. The Kier molecular flexibility index (Phi) is 3.37. The highest BCUT2D eigenvalue weighted by Gasteiger charge is 2.41. The molecule has 0 saturated heterocycles. The normalized spacial score (nSPS) is 22.5. The van der Waals surface area contributed by atoms with Crippen LogP contribution in [0.2, 0.25) is 0 Å². The smallest absolute Gasteiger partial charge is 0.307 e. The zero-order chi connectivity index (χ0) is 15.0. The third-order valence-electron chi connectivity index (χ3n) is 4.10. The summed E-state index contributed by atoms with van der Waals surface area (Å²) in [7, 11) is 0. The standard InChI is InChI=1S/C15H17N3O3/c1-8(13-17-11-4-2-3-5-12(11)18-13)16-14(19)9-6-7-10(9)15(20)21/h2-5,8-10H,6-7H2,1H3,(H,16,19)(H,17,18)(H,20,21). The number of benzene rings is 1. The lowest BCUT2D eigenvalue weighted by atomic mass is 9.73. The Bertz CT molecular complexity index is 661. The second-order valence-electron chi connectivity index (χ2n) is 5.50. The number of hydrogen-bond donors (Lipinski definition) is 3. The fourth-order valence-corrected chi connectivity index (χ4v) is 2.68. The lowest BCUT2D eigenvalue weighted by Crippen LogP contribution is -2.44. The van der Waals surface area contributed by atoms with E-state index in [1.54, 1.807) is 0 Å². The monoisotopic (exact) mass is 287 g/mol. The Balaban J connectivity index is 1.69. The minimum Gasteiger partial charge on any atom is -0.481 e. The maximum Gasteiger partial charge on any atom is 0.307 e. The molecule has 1 heterocycles. The average Bonchev–Trinajstić information content (AvgIpc) is 2.80. The zero-order valence-electron chi connectivity index (χ0n) is 11.7. The van der Waals surface area contributed by atoms with E-state index >= 15 is 0 Å². The summed E-state index contributed by atoms with van der Waals surface area (Å²) in [4.78, 5) is 30.7. The summed E-state index contributed by atoms with van der Waals surface area (Å²) in [6.45, 7) is 1.84. The number of imidazole rings is 1. The maximum absolute atomic E-state index is 12.1. The van der Waals surface area contributed by atoms with Crippen molar-refractivity contribution in [1.29, 1.82) is 0 Å². The fraction of sp³-hybridized carbons (Fsp3) is 0.400. The molecule has 1 aromatic carbocycles. The first-order chi connectivity index (χ1) is 10.1. The van der Waals surface area contributed by atoms with Crippen molar-refractivity contribution in [2.75, 3.05) is 0 Å². The molecule has 1 fully saturated rings. The number of carboxylic acid groups (broad SMARTS) is 1. The van der Waals surface area contributed by atoms with E-state index in [0.29, 0.717) is 18.7 Å². The van der Waals surface area contributed by atoms with E-state index in [1.165, 1.54) is 0 Å². The van der Waals surface area contributed by atoms with E-state index in [9.17, 15) is 9.59 Å². The molecule has 3 unspecified atom stereocenters. The van der Waals surface area contributed by atoms with Crippen molar-refractivity contribution in [2.24, 2.45) is 11.8 Å². The number of carboxylic acids is 1. The van der Waals surface area contributed by atoms with E-state index in [2.05, 4.69) is 15.3 Å². The van der Waals surface area contributed by atoms with Crippen molar-refractivity contribution in [3.8, 4) is 0 Å². The molecule has 110 valence electrons.